The van der Waals surface area contributed by atoms with Gasteiger partial charge in [0.05, 0.1) is 29.8 Å². The molecule has 0 bridgehead atoms. The number of aryl methyl sites for hydroxylation is 3. The number of halogens is 3. The smallest absolute Gasteiger partial charge is 0.247 e. The van der Waals surface area contributed by atoms with E-state index >= 15 is 0 Å². The quantitative estimate of drug-likeness (QED) is 0.521. The first-order chi connectivity index (χ1) is 15.6. The van der Waals surface area contributed by atoms with Crippen molar-refractivity contribution in [3.63, 3.8) is 0 Å². The summed E-state index contributed by atoms with van der Waals surface area (Å²) in [7, 11) is 1.93. The summed E-state index contributed by atoms with van der Waals surface area (Å²) in [6.07, 6.45) is 4.82. The average Bonchev–Trinajstić information content (AvgIpc) is 3.18. The number of amides is 1. The van der Waals surface area contributed by atoms with Crippen LogP contribution in [0.2, 0.25) is 0 Å². The molecule has 3 heterocycles. The van der Waals surface area contributed by atoms with Crippen LogP contribution < -0.4 is 10.2 Å². The number of nitrogens with one attached hydrogen (secondary N) is 1. The zero-order valence-corrected chi connectivity index (χ0v) is 20.5. The van der Waals surface area contributed by atoms with Crippen LogP contribution in [0, 0.1) is 30.3 Å². The maximum absolute atomic E-state index is 13.4. The van der Waals surface area contributed by atoms with Gasteiger partial charge in [-0.15, -0.1) is 0 Å². The Hall–Kier alpha value is -3.01. The van der Waals surface area contributed by atoms with Crippen LogP contribution in [0.3, 0.4) is 0 Å². The molecule has 1 aromatic carbocycles. The molecule has 34 heavy (non-hydrogen) atoms. The van der Waals surface area contributed by atoms with E-state index in [1.54, 1.807) is 17.1 Å². The van der Waals surface area contributed by atoms with Crippen molar-refractivity contribution >= 4 is 30.8 Å². The molecule has 0 saturated heterocycles. The van der Waals surface area contributed by atoms with Crippen molar-refractivity contribution in [2.75, 3.05) is 17.3 Å². The predicted molar refractivity (Wildman–Crippen MR) is 130 cm³/mol. The lowest BCUT2D eigenvalue weighted by Crippen LogP contribution is -2.49. The van der Waals surface area contributed by atoms with Crippen molar-refractivity contribution in [2.24, 2.45) is 5.92 Å². The molecule has 10 heteroatoms. The third kappa shape index (κ3) is 5.06. The highest BCUT2D eigenvalue weighted by Crippen LogP contribution is 2.35. The van der Waals surface area contributed by atoms with E-state index in [-0.39, 0.29) is 43.5 Å². The standard InChI is InChI=1S/C24H26F3N5O.H2S/c1-13(2)23-24(33)30-22-14(3)29-17(9-20(22)31(23)4)6-5-15-10-28-32(11-15)12-16-7-18(25)21(27)19(26)8-16;/h7-11,13,23H,5-6,12H2,1-4H3,(H,30,33);1H2/t23-;/m0./s1. The van der Waals surface area contributed by atoms with Gasteiger partial charge in [0.15, 0.2) is 17.5 Å². The molecule has 0 radical (unpaired) electrons. The highest BCUT2D eigenvalue weighted by atomic mass is 32.1. The molecule has 0 fully saturated rings. The predicted octanol–water partition coefficient (Wildman–Crippen LogP) is 4.36. The van der Waals surface area contributed by atoms with E-state index in [0.29, 0.717) is 12.8 Å². The minimum Gasteiger partial charge on any atom is -0.361 e. The fourth-order valence-electron chi connectivity index (χ4n) is 4.33. The molecule has 0 unspecified atom stereocenters. The number of carbonyl (C=O) groups excluding carboxylic acids is 1. The summed E-state index contributed by atoms with van der Waals surface area (Å²) in [5.41, 5.74) is 4.59. The minimum absolute atomic E-state index is 0. The first kappa shape index (κ1) is 25.6. The van der Waals surface area contributed by atoms with E-state index in [9.17, 15) is 18.0 Å². The third-order valence-electron chi connectivity index (χ3n) is 5.92. The molecule has 0 spiro atoms. The fraction of sp³-hybridized carbons (Fsp3) is 0.375. The second kappa shape index (κ2) is 10.1. The van der Waals surface area contributed by atoms with E-state index in [1.165, 1.54) is 0 Å². The lowest BCUT2D eigenvalue weighted by atomic mass is 9.97. The number of nitrogens with zero attached hydrogens (tertiary/aromatic N) is 4. The molecule has 1 aliphatic rings. The number of aromatic nitrogens is 3. The van der Waals surface area contributed by atoms with Gasteiger partial charge >= 0.3 is 0 Å². The van der Waals surface area contributed by atoms with Crippen LogP contribution in [0.5, 0.6) is 0 Å². The second-order valence-electron chi connectivity index (χ2n) is 8.80. The Bertz CT molecular complexity index is 1190. The molecule has 1 amide bonds. The number of hydrogen-bond acceptors (Lipinski definition) is 4. The van der Waals surface area contributed by atoms with Gasteiger partial charge in [-0.05, 0) is 55.0 Å². The van der Waals surface area contributed by atoms with Crippen LogP contribution in [0.1, 0.15) is 36.4 Å². The van der Waals surface area contributed by atoms with Gasteiger partial charge in [0.1, 0.15) is 6.04 Å². The lowest BCUT2D eigenvalue weighted by molar-refractivity contribution is -0.118. The Morgan fingerprint density at radius 1 is 1.09 bits per heavy atom. The summed E-state index contributed by atoms with van der Waals surface area (Å²) in [5, 5.41) is 7.24. The average molecular weight is 492 g/mol. The topological polar surface area (TPSA) is 63.1 Å². The van der Waals surface area contributed by atoms with Crippen molar-refractivity contribution in [3.05, 3.63) is 70.6 Å². The number of carbonyl (C=O) groups is 1. The summed E-state index contributed by atoms with van der Waals surface area (Å²) >= 11 is 0. The monoisotopic (exact) mass is 491 g/mol. The van der Waals surface area contributed by atoms with Crippen LogP contribution in [0.15, 0.2) is 30.6 Å². The first-order valence-electron chi connectivity index (χ1n) is 10.8. The van der Waals surface area contributed by atoms with Crippen LogP contribution in [0.4, 0.5) is 24.5 Å². The molecule has 3 aromatic rings. The molecular weight excluding hydrogens is 463 g/mol. The minimum atomic E-state index is -1.47. The third-order valence-corrected chi connectivity index (χ3v) is 5.92. The van der Waals surface area contributed by atoms with Crippen molar-refractivity contribution < 1.29 is 18.0 Å². The number of hydrogen-bond donors (Lipinski definition) is 1. The Labute approximate surface area is 203 Å². The van der Waals surface area contributed by atoms with E-state index in [0.717, 1.165) is 40.5 Å². The van der Waals surface area contributed by atoms with Gasteiger partial charge in [-0.3, -0.25) is 14.5 Å². The number of anilines is 2. The molecule has 1 atom stereocenters. The van der Waals surface area contributed by atoms with Gasteiger partial charge in [0, 0.05) is 18.9 Å². The number of fused-ring (bicyclic) bond motifs is 1. The van der Waals surface area contributed by atoms with Gasteiger partial charge in [0.2, 0.25) is 5.91 Å². The first-order valence-corrected chi connectivity index (χ1v) is 10.8. The SMILES string of the molecule is Cc1nc(CCc2cnn(Cc3cc(F)c(F)c(F)c3)c2)cc2c1NC(=O)[C@H](C(C)C)N2C.S. The Kier molecular flexibility index (Phi) is 7.60. The molecule has 0 aliphatic carbocycles. The fourth-order valence-corrected chi connectivity index (χ4v) is 4.33. The summed E-state index contributed by atoms with van der Waals surface area (Å²) in [5.74, 6) is -3.77. The number of rotatable bonds is 6. The lowest BCUT2D eigenvalue weighted by Gasteiger charge is -2.38. The molecule has 182 valence electrons. The normalized spacial score (nSPS) is 15.2. The molecule has 6 nitrogen and oxygen atoms in total. The van der Waals surface area contributed by atoms with E-state index in [1.807, 2.05) is 38.8 Å². The van der Waals surface area contributed by atoms with Crippen LogP contribution in [0.25, 0.3) is 0 Å². The highest BCUT2D eigenvalue weighted by molar-refractivity contribution is 7.59. The summed E-state index contributed by atoms with van der Waals surface area (Å²) in [4.78, 5) is 19.2. The van der Waals surface area contributed by atoms with Gasteiger partial charge < -0.3 is 10.2 Å². The molecule has 2 aromatic heterocycles. The van der Waals surface area contributed by atoms with Gasteiger partial charge in [0.25, 0.3) is 0 Å². The Morgan fingerprint density at radius 2 is 1.76 bits per heavy atom. The van der Waals surface area contributed by atoms with Crippen molar-refractivity contribution in [3.8, 4) is 0 Å². The molecule has 1 aliphatic heterocycles. The molecule has 4 rings (SSSR count). The molecule has 1 N–H and O–H groups in total. The van der Waals surface area contributed by atoms with E-state index in [4.69, 9.17) is 0 Å². The van der Waals surface area contributed by atoms with Gasteiger partial charge in [-0.25, -0.2) is 13.2 Å². The maximum Gasteiger partial charge on any atom is 0.247 e. The highest BCUT2D eigenvalue weighted by Gasteiger charge is 2.34. The maximum atomic E-state index is 13.4. The number of pyridine rings is 1. The zero-order valence-electron chi connectivity index (χ0n) is 19.5. The van der Waals surface area contributed by atoms with Crippen LogP contribution in [-0.2, 0) is 24.2 Å². The zero-order chi connectivity index (χ0) is 23.9. The van der Waals surface area contributed by atoms with Gasteiger partial charge in [-0.1, -0.05) is 13.8 Å². The number of benzene rings is 1. The summed E-state index contributed by atoms with van der Waals surface area (Å²) in [6, 6.07) is 3.70. The van der Waals surface area contributed by atoms with Crippen molar-refractivity contribution in [2.45, 2.75) is 46.2 Å². The largest absolute Gasteiger partial charge is 0.361 e. The van der Waals surface area contributed by atoms with Gasteiger partial charge in [-0.2, -0.15) is 18.6 Å². The van der Waals surface area contributed by atoms with Crippen molar-refractivity contribution in [1.29, 1.82) is 0 Å². The Balaban J connectivity index is 0.00000324. The molecule has 0 saturated carbocycles. The van der Waals surface area contributed by atoms with Crippen LogP contribution >= 0.6 is 13.5 Å². The Morgan fingerprint density at radius 3 is 2.41 bits per heavy atom. The van der Waals surface area contributed by atoms with E-state index in [2.05, 4.69) is 15.4 Å². The second-order valence-corrected chi connectivity index (χ2v) is 8.80. The van der Waals surface area contributed by atoms with E-state index < -0.39 is 17.5 Å². The summed E-state index contributed by atoms with van der Waals surface area (Å²) < 4.78 is 41.6. The van der Waals surface area contributed by atoms with Crippen molar-refractivity contribution in [1.82, 2.24) is 14.8 Å². The number of likely N-dealkylation sites (N-methyl/N-ethyl adjacent to an activating group) is 1. The van der Waals surface area contributed by atoms with Crippen LogP contribution in [-0.4, -0.2) is 33.8 Å². The molecular formula is C24H28F3N5OS. The summed E-state index contributed by atoms with van der Waals surface area (Å²) in [6.45, 7) is 6.05.